The Bertz CT molecular complexity index is 227. The highest BCUT2D eigenvalue weighted by Crippen LogP contribution is 1.97. The average Bonchev–Trinajstić information content (AvgIpc) is 2.16. The number of hydrogen-bond donors (Lipinski definition) is 1. The molecule has 0 atom stereocenters. The predicted octanol–water partition coefficient (Wildman–Crippen LogP) is 1.41. The van der Waals surface area contributed by atoms with Crippen LogP contribution in [0.3, 0.4) is 0 Å². The molecule has 0 aliphatic carbocycles. The number of nitrogens with one attached hydrogen (secondary N) is 1. The second kappa shape index (κ2) is 8.13. The fraction of sp³-hybridized carbons (Fsp3) is 0.833. The Morgan fingerprint density at radius 3 is 2.38 bits per heavy atom. The first-order valence-electron chi connectivity index (χ1n) is 5.99. The molecule has 0 saturated carbocycles. The van der Waals surface area contributed by atoms with Crippen molar-refractivity contribution in [2.45, 2.75) is 40.5 Å². The Morgan fingerprint density at radius 2 is 1.94 bits per heavy atom. The summed E-state index contributed by atoms with van der Waals surface area (Å²) in [6.45, 7) is 9.24. The van der Waals surface area contributed by atoms with E-state index in [1.54, 1.807) is 4.90 Å². The molecule has 94 valence electrons. The van der Waals surface area contributed by atoms with Gasteiger partial charge in [0.1, 0.15) is 0 Å². The van der Waals surface area contributed by atoms with Gasteiger partial charge in [-0.1, -0.05) is 20.8 Å². The summed E-state index contributed by atoms with van der Waals surface area (Å²) in [5.74, 6) is 0.477. The monoisotopic (exact) mass is 228 g/mol. The van der Waals surface area contributed by atoms with E-state index in [9.17, 15) is 9.59 Å². The molecule has 1 N–H and O–H groups in total. The topological polar surface area (TPSA) is 49.4 Å². The van der Waals surface area contributed by atoms with Gasteiger partial charge in [0.2, 0.25) is 11.8 Å². The van der Waals surface area contributed by atoms with Gasteiger partial charge in [0.15, 0.2) is 0 Å². The third-order valence-electron chi connectivity index (χ3n) is 2.32. The lowest BCUT2D eigenvalue weighted by Gasteiger charge is -2.19. The molecule has 4 nitrogen and oxygen atoms in total. The van der Waals surface area contributed by atoms with E-state index in [0.29, 0.717) is 19.0 Å². The van der Waals surface area contributed by atoms with Gasteiger partial charge in [-0.2, -0.15) is 0 Å². The molecule has 0 heterocycles. The van der Waals surface area contributed by atoms with Crippen LogP contribution in [0.15, 0.2) is 0 Å². The molecule has 0 aromatic heterocycles. The first kappa shape index (κ1) is 14.9. The summed E-state index contributed by atoms with van der Waals surface area (Å²) in [6.07, 6.45) is 1.85. The van der Waals surface area contributed by atoms with E-state index in [1.807, 2.05) is 6.92 Å². The van der Waals surface area contributed by atoms with Crippen LogP contribution in [0.4, 0.5) is 0 Å². The maximum Gasteiger partial charge on any atom is 0.239 e. The summed E-state index contributed by atoms with van der Waals surface area (Å²) >= 11 is 0. The van der Waals surface area contributed by atoms with Gasteiger partial charge in [-0.05, 0) is 18.8 Å². The van der Waals surface area contributed by atoms with E-state index in [-0.39, 0.29) is 18.4 Å². The summed E-state index contributed by atoms with van der Waals surface area (Å²) < 4.78 is 0. The normalized spacial score (nSPS) is 10.3. The Morgan fingerprint density at radius 1 is 1.31 bits per heavy atom. The van der Waals surface area contributed by atoms with Crippen molar-refractivity contribution in [3.8, 4) is 0 Å². The second-order valence-electron chi connectivity index (χ2n) is 4.47. The maximum atomic E-state index is 11.5. The molecule has 4 heteroatoms. The van der Waals surface area contributed by atoms with E-state index < -0.39 is 0 Å². The number of carbonyl (C=O) groups is 2. The molecule has 16 heavy (non-hydrogen) atoms. The number of amides is 2. The molecule has 0 aromatic carbocycles. The maximum absolute atomic E-state index is 11.5. The molecule has 0 aliphatic rings. The van der Waals surface area contributed by atoms with Gasteiger partial charge < -0.3 is 10.2 Å². The fourth-order valence-corrected chi connectivity index (χ4v) is 1.35. The number of rotatable bonds is 7. The molecule has 0 aromatic rings. The summed E-state index contributed by atoms with van der Waals surface area (Å²) in [7, 11) is 0. The van der Waals surface area contributed by atoms with Crippen molar-refractivity contribution in [2.75, 3.05) is 19.6 Å². The third-order valence-corrected chi connectivity index (χ3v) is 2.32. The molecular formula is C12H24N2O2. The highest BCUT2D eigenvalue weighted by Gasteiger charge is 2.11. The Balaban J connectivity index is 3.86. The van der Waals surface area contributed by atoms with Crippen LogP contribution in [0.25, 0.3) is 0 Å². The van der Waals surface area contributed by atoms with Crippen molar-refractivity contribution < 1.29 is 9.59 Å². The van der Waals surface area contributed by atoms with Crippen molar-refractivity contribution in [2.24, 2.45) is 5.92 Å². The minimum atomic E-state index is -0.0655. The van der Waals surface area contributed by atoms with E-state index in [2.05, 4.69) is 19.2 Å². The Labute approximate surface area is 98.4 Å². The molecule has 0 bridgehead atoms. The van der Waals surface area contributed by atoms with Crippen LogP contribution in [0.5, 0.6) is 0 Å². The van der Waals surface area contributed by atoms with Gasteiger partial charge in [0.25, 0.3) is 0 Å². The molecule has 2 amide bonds. The zero-order valence-electron chi connectivity index (χ0n) is 10.9. The summed E-state index contributed by atoms with van der Waals surface area (Å²) in [6, 6.07) is 0. The van der Waals surface area contributed by atoms with Crippen molar-refractivity contribution >= 4 is 11.8 Å². The summed E-state index contributed by atoms with van der Waals surface area (Å²) in [5, 5.41) is 2.82. The average molecular weight is 228 g/mol. The van der Waals surface area contributed by atoms with Crippen LogP contribution in [0, 0.1) is 5.92 Å². The lowest BCUT2D eigenvalue weighted by atomic mass is 10.1. The number of carbonyl (C=O) groups excluding carboxylic acids is 2. The van der Waals surface area contributed by atoms with Crippen molar-refractivity contribution in [3.05, 3.63) is 0 Å². The third kappa shape index (κ3) is 7.26. The quantitative estimate of drug-likeness (QED) is 0.716. The lowest BCUT2D eigenvalue weighted by molar-refractivity contribution is -0.134. The van der Waals surface area contributed by atoms with Crippen LogP contribution in [-0.4, -0.2) is 36.3 Å². The van der Waals surface area contributed by atoms with Crippen LogP contribution >= 0.6 is 0 Å². The second-order valence-corrected chi connectivity index (χ2v) is 4.47. The summed E-state index contributed by atoms with van der Waals surface area (Å²) in [4.78, 5) is 24.3. The molecular weight excluding hydrogens is 204 g/mol. The van der Waals surface area contributed by atoms with Crippen LogP contribution in [0.2, 0.25) is 0 Å². The molecule has 0 aliphatic heterocycles. The predicted molar refractivity (Wildman–Crippen MR) is 65.0 cm³/mol. The lowest BCUT2D eigenvalue weighted by Crippen LogP contribution is -2.40. The minimum Gasteiger partial charge on any atom is -0.355 e. The Hall–Kier alpha value is -1.06. The van der Waals surface area contributed by atoms with Crippen molar-refractivity contribution in [1.82, 2.24) is 10.2 Å². The molecule has 0 rings (SSSR count). The van der Waals surface area contributed by atoms with Crippen LogP contribution in [0.1, 0.15) is 40.5 Å². The zero-order chi connectivity index (χ0) is 12.6. The molecule has 0 saturated heterocycles. The Kier molecular flexibility index (Phi) is 7.60. The highest BCUT2D eigenvalue weighted by molar-refractivity contribution is 5.83. The SMILES string of the molecule is CCCN(CC(=O)NCCC(C)C)C(C)=O. The smallest absolute Gasteiger partial charge is 0.239 e. The van der Waals surface area contributed by atoms with Gasteiger partial charge in [-0.3, -0.25) is 9.59 Å². The van der Waals surface area contributed by atoms with Crippen LogP contribution < -0.4 is 5.32 Å². The van der Waals surface area contributed by atoms with Gasteiger partial charge in [0, 0.05) is 20.0 Å². The number of hydrogen-bond acceptors (Lipinski definition) is 2. The molecule has 0 spiro atoms. The van der Waals surface area contributed by atoms with Gasteiger partial charge in [-0.25, -0.2) is 0 Å². The minimum absolute atomic E-state index is 0.0409. The van der Waals surface area contributed by atoms with Crippen molar-refractivity contribution in [3.63, 3.8) is 0 Å². The van der Waals surface area contributed by atoms with Gasteiger partial charge in [-0.15, -0.1) is 0 Å². The van der Waals surface area contributed by atoms with E-state index >= 15 is 0 Å². The molecule has 0 unspecified atom stereocenters. The van der Waals surface area contributed by atoms with Crippen LogP contribution in [-0.2, 0) is 9.59 Å². The van der Waals surface area contributed by atoms with Gasteiger partial charge in [0.05, 0.1) is 6.54 Å². The molecule has 0 fully saturated rings. The van der Waals surface area contributed by atoms with E-state index in [4.69, 9.17) is 0 Å². The fourth-order valence-electron chi connectivity index (χ4n) is 1.35. The highest BCUT2D eigenvalue weighted by atomic mass is 16.2. The largest absolute Gasteiger partial charge is 0.355 e. The first-order chi connectivity index (χ1) is 7.47. The van der Waals surface area contributed by atoms with E-state index in [1.165, 1.54) is 6.92 Å². The number of nitrogens with zero attached hydrogens (tertiary/aromatic N) is 1. The summed E-state index contributed by atoms with van der Waals surface area (Å²) in [5.41, 5.74) is 0. The van der Waals surface area contributed by atoms with Crippen molar-refractivity contribution in [1.29, 1.82) is 0 Å². The molecule has 0 radical (unpaired) electrons. The standard InChI is InChI=1S/C12H24N2O2/c1-5-8-14(11(4)15)9-12(16)13-7-6-10(2)3/h10H,5-9H2,1-4H3,(H,13,16). The zero-order valence-corrected chi connectivity index (χ0v) is 10.9. The van der Waals surface area contributed by atoms with E-state index in [0.717, 1.165) is 12.8 Å². The first-order valence-corrected chi connectivity index (χ1v) is 5.99. The van der Waals surface area contributed by atoms with Gasteiger partial charge >= 0.3 is 0 Å².